The first-order valence-corrected chi connectivity index (χ1v) is 9.03. The topological polar surface area (TPSA) is 128 Å². The Labute approximate surface area is 176 Å². The van der Waals surface area contributed by atoms with E-state index in [0.717, 1.165) is 22.6 Å². The van der Waals surface area contributed by atoms with E-state index in [0.29, 0.717) is 0 Å². The van der Waals surface area contributed by atoms with Gasteiger partial charge in [-0.2, -0.15) is 5.26 Å². The normalized spacial score (nSPS) is 11.4. The Hall–Kier alpha value is -3.64. The molecule has 0 saturated heterocycles. The number of rotatable bonds is 6. The van der Waals surface area contributed by atoms with E-state index in [9.17, 15) is 34.8 Å². The van der Waals surface area contributed by atoms with Crippen LogP contribution in [0.3, 0.4) is 0 Å². The SMILES string of the molecule is CCN(Cc1cc(C)ccc1F)C(=O)/C(C#N)=C(\O)c1cc(Cl)c(O)c([N+](=O)[O-])c1. The van der Waals surface area contributed by atoms with Gasteiger partial charge in [0.25, 0.3) is 5.91 Å². The van der Waals surface area contributed by atoms with E-state index in [1.165, 1.54) is 6.07 Å². The zero-order chi connectivity index (χ0) is 22.6. The number of likely N-dealkylation sites (N-methyl/N-ethyl adjacent to an activating group) is 1. The molecule has 0 spiro atoms. The van der Waals surface area contributed by atoms with E-state index in [-0.39, 0.29) is 24.2 Å². The molecule has 0 aromatic heterocycles. The third-order valence-electron chi connectivity index (χ3n) is 4.31. The average molecular weight is 434 g/mol. The van der Waals surface area contributed by atoms with E-state index in [2.05, 4.69) is 0 Å². The summed E-state index contributed by atoms with van der Waals surface area (Å²) in [6, 6.07) is 7.75. The highest BCUT2D eigenvalue weighted by Gasteiger charge is 2.26. The molecule has 0 unspecified atom stereocenters. The summed E-state index contributed by atoms with van der Waals surface area (Å²) >= 11 is 5.76. The molecule has 156 valence electrons. The Bertz CT molecular complexity index is 1090. The van der Waals surface area contributed by atoms with Crippen molar-refractivity contribution in [3.8, 4) is 11.8 Å². The zero-order valence-corrected chi connectivity index (χ0v) is 16.8. The lowest BCUT2D eigenvalue weighted by molar-refractivity contribution is -0.385. The van der Waals surface area contributed by atoms with Crippen LogP contribution in [-0.2, 0) is 11.3 Å². The second-order valence-electron chi connectivity index (χ2n) is 6.33. The standard InChI is InChI=1S/C20H17ClFN3O5/c1-3-24(10-13-6-11(2)4-5-16(13)22)20(28)14(9-23)18(26)12-7-15(21)19(27)17(8-12)25(29)30/h4-8,26-27H,3,10H2,1-2H3/b18-14-. The predicted octanol–water partition coefficient (Wildman–Crippen LogP) is 4.24. The van der Waals surface area contributed by atoms with Crippen LogP contribution in [0.25, 0.3) is 5.76 Å². The predicted molar refractivity (Wildman–Crippen MR) is 107 cm³/mol. The molecule has 0 bridgehead atoms. The average Bonchev–Trinajstić information content (AvgIpc) is 2.70. The smallest absolute Gasteiger partial charge is 0.313 e. The van der Waals surface area contributed by atoms with Gasteiger partial charge in [0.1, 0.15) is 17.6 Å². The van der Waals surface area contributed by atoms with E-state index in [1.807, 2.05) is 0 Å². The number of aromatic hydroxyl groups is 1. The number of aryl methyl sites for hydroxylation is 1. The van der Waals surface area contributed by atoms with Gasteiger partial charge in [0.2, 0.25) is 5.75 Å². The lowest BCUT2D eigenvalue weighted by Gasteiger charge is -2.21. The fourth-order valence-corrected chi connectivity index (χ4v) is 2.94. The summed E-state index contributed by atoms with van der Waals surface area (Å²) in [5.74, 6) is -3.09. The number of carbonyl (C=O) groups excluding carboxylic acids is 1. The van der Waals surface area contributed by atoms with E-state index >= 15 is 0 Å². The van der Waals surface area contributed by atoms with Gasteiger partial charge in [0.05, 0.1) is 9.95 Å². The number of phenolic OH excluding ortho intramolecular Hbond substituents is 1. The summed E-state index contributed by atoms with van der Waals surface area (Å²) in [4.78, 5) is 24.1. The Kier molecular flexibility index (Phi) is 6.97. The van der Waals surface area contributed by atoms with Gasteiger partial charge in [-0.25, -0.2) is 4.39 Å². The molecule has 0 aliphatic carbocycles. The lowest BCUT2D eigenvalue weighted by Crippen LogP contribution is -2.32. The number of nitrogens with zero attached hydrogens (tertiary/aromatic N) is 3. The van der Waals surface area contributed by atoms with Gasteiger partial charge in [-0.3, -0.25) is 14.9 Å². The molecule has 0 aliphatic heterocycles. The Morgan fingerprint density at radius 1 is 1.37 bits per heavy atom. The fraction of sp³-hybridized carbons (Fsp3) is 0.200. The van der Waals surface area contributed by atoms with Crippen LogP contribution in [0.15, 0.2) is 35.9 Å². The minimum absolute atomic E-state index is 0.0984. The first-order valence-electron chi connectivity index (χ1n) is 8.65. The van der Waals surface area contributed by atoms with Gasteiger partial charge in [-0.1, -0.05) is 29.3 Å². The van der Waals surface area contributed by atoms with Crippen molar-refractivity contribution in [3.63, 3.8) is 0 Å². The molecule has 10 heteroatoms. The maximum atomic E-state index is 14.1. The molecule has 0 saturated carbocycles. The number of aliphatic hydroxyl groups excluding tert-OH is 1. The number of nitro benzene ring substituents is 1. The van der Waals surface area contributed by atoms with Crippen molar-refractivity contribution in [2.24, 2.45) is 0 Å². The second-order valence-corrected chi connectivity index (χ2v) is 6.74. The highest BCUT2D eigenvalue weighted by atomic mass is 35.5. The van der Waals surface area contributed by atoms with Crippen LogP contribution in [0.4, 0.5) is 10.1 Å². The quantitative estimate of drug-likeness (QED) is 0.230. The van der Waals surface area contributed by atoms with Crippen molar-refractivity contribution >= 4 is 29.0 Å². The maximum absolute atomic E-state index is 14.1. The molecule has 0 atom stereocenters. The van der Waals surface area contributed by atoms with Crippen molar-refractivity contribution in [2.75, 3.05) is 6.54 Å². The number of aliphatic hydroxyl groups is 1. The molecule has 0 fully saturated rings. The van der Waals surface area contributed by atoms with Crippen LogP contribution in [0, 0.1) is 34.2 Å². The monoisotopic (exact) mass is 433 g/mol. The number of halogens is 2. The lowest BCUT2D eigenvalue weighted by atomic mass is 10.1. The van der Waals surface area contributed by atoms with Gasteiger partial charge < -0.3 is 15.1 Å². The van der Waals surface area contributed by atoms with Crippen LogP contribution in [0.1, 0.15) is 23.6 Å². The number of benzene rings is 2. The summed E-state index contributed by atoms with van der Waals surface area (Å²) in [6.07, 6.45) is 0. The molecule has 2 N–H and O–H groups in total. The number of hydrogen-bond acceptors (Lipinski definition) is 6. The number of phenols is 1. The van der Waals surface area contributed by atoms with Gasteiger partial charge >= 0.3 is 5.69 Å². The molecular formula is C20H17ClFN3O5. The second kappa shape index (κ2) is 9.24. The summed E-state index contributed by atoms with van der Waals surface area (Å²) in [5.41, 5.74) is -0.804. The number of nitro groups is 1. The Morgan fingerprint density at radius 2 is 2.03 bits per heavy atom. The van der Waals surface area contributed by atoms with Crippen molar-refractivity contribution in [2.45, 2.75) is 20.4 Å². The summed E-state index contributed by atoms with van der Waals surface area (Å²) in [7, 11) is 0. The largest absolute Gasteiger partial charge is 0.506 e. The van der Waals surface area contributed by atoms with Crippen molar-refractivity contribution in [1.82, 2.24) is 4.90 Å². The molecule has 1 amide bonds. The molecule has 0 heterocycles. The van der Waals surface area contributed by atoms with E-state index in [4.69, 9.17) is 11.6 Å². The number of nitriles is 1. The van der Waals surface area contributed by atoms with Gasteiger partial charge in [-0.15, -0.1) is 0 Å². The Morgan fingerprint density at radius 3 is 2.60 bits per heavy atom. The zero-order valence-electron chi connectivity index (χ0n) is 16.0. The third-order valence-corrected chi connectivity index (χ3v) is 4.60. The van der Waals surface area contributed by atoms with Gasteiger partial charge in [0.15, 0.2) is 5.57 Å². The third kappa shape index (κ3) is 4.67. The van der Waals surface area contributed by atoms with Crippen molar-refractivity contribution < 1.29 is 24.3 Å². The number of carbonyl (C=O) groups is 1. The highest BCUT2D eigenvalue weighted by molar-refractivity contribution is 6.32. The molecule has 2 aromatic rings. The summed E-state index contributed by atoms with van der Waals surface area (Å²) in [6.45, 7) is 3.31. The van der Waals surface area contributed by atoms with Crippen LogP contribution in [-0.4, -0.2) is 32.5 Å². The first kappa shape index (κ1) is 22.6. The molecular weight excluding hydrogens is 417 g/mol. The van der Waals surface area contributed by atoms with Gasteiger partial charge in [-0.05, 0) is 26.0 Å². The Balaban J connectivity index is 2.49. The van der Waals surface area contributed by atoms with Gasteiger partial charge in [0, 0.05) is 30.3 Å². The van der Waals surface area contributed by atoms with Crippen LogP contribution < -0.4 is 0 Å². The summed E-state index contributed by atoms with van der Waals surface area (Å²) < 4.78 is 14.1. The molecule has 2 aromatic carbocycles. The van der Waals surface area contributed by atoms with Crippen molar-refractivity contribution in [3.05, 3.63) is 73.5 Å². The summed E-state index contributed by atoms with van der Waals surface area (Å²) in [5, 5.41) is 40.2. The molecule has 0 aliphatic rings. The van der Waals surface area contributed by atoms with Crippen LogP contribution in [0.2, 0.25) is 5.02 Å². The molecule has 0 radical (unpaired) electrons. The minimum atomic E-state index is -0.926. The maximum Gasteiger partial charge on any atom is 0.313 e. The van der Waals surface area contributed by atoms with E-state index in [1.54, 1.807) is 32.0 Å². The molecule has 30 heavy (non-hydrogen) atoms. The minimum Gasteiger partial charge on any atom is -0.506 e. The highest BCUT2D eigenvalue weighted by Crippen LogP contribution is 2.37. The molecule has 8 nitrogen and oxygen atoms in total. The number of amides is 1. The number of hydrogen-bond donors (Lipinski definition) is 2. The first-order chi connectivity index (χ1) is 14.1. The van der Waals surface area contributed by atoms with Crippen molar-refractivity contribution in [1.29, 1.82) is 5.26 Å². The van der Waals surface area contributed by atoms with Crippen LogP contribution in [0.5, 0.6) is 5.75 Å². The fourth-order valence-electron chi connectivity index (χ4n) is 2.72. The molecule has 2 rings (SSSR count). The van der Waals surface area contributed by atoms with E-state index < -0.39 is 44.4 Å². The van der Waals surface area contributed by atoms with Crippen LogP contribution >= 0.6 is 11.6 Å².